The molecule has 3 N–H and O–H groups in total. The van der Waals surface area contributed by atoms with Gasteiger partial charge in [0.25, 0.3) is 0 Å². The van der Waals surface area contributed by atoms with E-state index in [2.05, 4.69) is 10.6 Å². The van der Waals surface area contributed by atoms with Crippen LogP contribution in [-0.4, -0.2) is 40.2 Å². The van der Waals surface area contributed by atoms with Crippen molar-refractivity contribution in [3.05, 3.63) is 0 Å². The Kier molecular flexibility index (Phi) is 4.28. The van der Waals surface area contributed by atoms with E-state index < -0.39 is 11.5 Å². The summed E-state index contributed by atoms with van der Waals surface area (Å²) in [5.41, 5.74) is -1.13. The highest BCUT2D eigenvalue weighted by Crippen LogP contribution is 2.39. The molecule has 3 atom stereocenters. The van der Waals surface area contributed by atoms with Crippen LogP contribution in [0.3, 0.4) is 0 Å². The molecule has 0 radical (unpaired) electrons. The molecular formula is C13H22N2O3S. The van der Waals surface area contributed by atoms with Crippen molar-refractivity contribution in [3.63, 3.8) is 0 Å². The molecule has 3 unspecified atom stereocenters. The number of urea groups is 1. The first-order valence-corrected chi connectivity index (χ1v) is 8.11. The van der Waals surface area contributed by atoms with Crippen LogP contribution in [0.5, 0.6) is 0 Å². The van der Waals surface area contributed by atoms with Crippen LogP contribution in [0.15, 0.2) is 0 Å². The topological polar surface area (TPSA) is 78.4 Å². The van der Waals surface area contributed by atoms with Gasteiger partial charge in [-0.1, -0.05) is 6.42 Å². The van der Waals surface area contributed by atoms with E-state index in [-0.39, 0.29) is 18.0 Å². The highest BCUT2D eigenvalue weighted by Gasteiger charge is 2.48. The maximum atomic E-state index is 12.0. The molecule has 0 spiro atoms. The lowest BCUT2D eigenvalue weighted by Crippen LogP contribution is -2.58. The van der Waals surface area contributed by atoms with Gasteiger partial charge >= 0.3 is 12.0 Å². The van der Waals surface area contributed by atoms with Gasteiger partial charge in [0.1, 0.15) is 5.54 Å². The van der Waals surface area contributed by atoms with Crippen LogP contribution in [0.4, 0.5) is 4.79 Å². The maximum Gasteiger partial charge on any atom is 0.329 e. The quantitative estimate of drug-likeness (QED) is 0.720. The first kappa shape index (κ1) is 14.5. The number of thioether (sulfide) groups is 1. The van der Waals surface area contributed by atoms with Gasteiger partial charge in [0, 0.05) is 11.3 Å². The minimum absolute atomic E-state index is 0.0654. The Morgan fingerprint density at radius 2 is 1.95 bits per heavy atom. The van der Waals surface area contributed by atoms with E-state index in [0.717, 1.165) is 32.1 Å². The molecule has 0 saturated heterocycles. The Bertz CT molecular complexity index is 373. The predicted molar refractivity (Wildman–Crippen MR) is 75.4 cm³/mol. The summed E-state index contributed by atoms with van der Waals surface area (Å²) in [6, 6.07) is -0.185. The maximum absolute atomic E-state index is 12.0. The highest BCUT2D eigenvalue weighted by molar-refractivity contribution is 7.99. The molecule has 0 bridgehead atoms. The molecule has 0 aromatic heterocycles. The number of hydrogen-bond acceptors (Lipinski definition) is 3. The van der Waals surface area contributed by atoms with Crippen LogP contribution in [0.2, 0.25) is 0 Å². The van der Waals surface area contributed by atoms with Gasteiger partial charge in [-0.15, -0.1) is 0 Å². The molecule has 5 nitrogen and oxygen atoms in total. The van der Waals surface area contributed by atoms with Crippen LogP contribution >= 0.6 is 11.8 Å². The van der Waals surface area contributed by atoms with Gasteiger partial charge in [-0.2, -0.15) is 11.8 Å². The van der Waals surface area contributed by atoms with E-state index in [1.165, 1.54) is 0 Å². The number of carbonyl (C=O) groups is 2. The molecule has 2 saturated carbocycles. The van der Waals surface area contributed by atoms with Gasteiger partial charge in [-0.25, -0.2) is 9.59 Å². The van der Waals surface area contributed by atoms with E-state index in [4.69, 9.17) is 0 Å². The van der Waals surface area contributed by atoms with E-state index in [1.54, 1.807) is 18.7 Å². The lowest BCUT2D eigenvalue weighted by molar-refractivity contribution is -0.144. The Labute approximate surface area is 117 Å². The lowest BCUT2D eigenvalue weighted by atomic mass is 9.96. The molecule has 0 heterocycles. The van der Waals surface area contributed by atoms with Gasteiger partial charge in [0.15, 0.2) is 0 Å². The zero-order valence-electron chi connectivity index (χ0n) is 11.4. The van der Waals surface area contributed by atoms with Gasteiger partial charge in [-0.3, -0.25) is 0 Å². The smallest absolute Gasteiger partial charge is 0.329 e. The molecular weight excluding hydrogens is 264 g/mol. The third-order valence-electron chi connectivity index (χ3n) is 4.28. The van der Waals surface area contributed by atoms with Gasteiger partial charge in [0.2, 0.25) is 0 Å². The minimum atomic E-state index is -1.13. The number of hydrogen-bond donors (Lipinski definition) is 3. The summed E-state index contributed by atoms with van der Waals surface area (Å²) in [4.78, 5) is 23.4. The first-order valence-electron chi connectivity index (χ1n) is 6.82. The summed E-state index contributed by atoms with van der Waals surface area (Å²) in [6.07, 6.45) is 7.01. The summed E-state index contributed by atoms with van der Waals surface area (Å²) in [5, 5.41) is 15.4. The van der Waals surface area contributed by atoms with Crippen LogP contribution in [0.1, 0.15) is 39.0 Å². The third-order valence-corrected chi connectivity index (χ3v) is 5.45. The number of rotatable bonds is 5. The number of carboxylic acids is 1. The van der Waals surface area contributed by atoms with Crippen LogP contribution in [0.25, 0.3) is 0 Å². The molecule has 19 heavy (non-hydrogen) atoms. The molecule has 0 aliphatic heterocycles. The summed E-state index contributed by atoms with van der Waals surface area (Å²) in [6.45, 7) is 1.60. The van der Waals surface area contributed by atoms with Crippen LogP contribution in [-0.2, 0) is 4.79 Å². The normalized spacial score (nSPS) is 29.6. The number of aliphatic carboxylic acids is 1. The van der Waals surface area contributed by atoms with Crippen molar-refractivity contribution in [1.29, 1.82) is 0 Å². The van der Waals surface area contributed by atoms with Crippen LogP contribution in [0, 0.1) is 5.92 Å². The van der Waals surface area contributed by atoms with Crippen molar-refractivity contribution >= 4 is 23.8 Å². The summed E-state index contributed by atoms with van der Waals surface area (Å²) in [5.74, 6) is -0.881. The average molecular weight is 286 g/mol. The second-order valence-corrected chi connectivity index (χ2v) is 6.77. The second-order valence-electron chi connectivity index (χ2n) is 5.69. The van der Waals surface area contributed by atoms with Gasteiger partial charge in [0.05, 0.1) is 0 Å². The van der Waals surface area contributed by atoms with Crippen molar-refractivity contribution < 1.29 is 14.7 Å². The van der Waals surface area contributed by atoms with Gasteiger partial charge < -0.3 is 15.7 Å². The fourth-order valence-electron chi connectivity index (χ4n) is 2.80. The fourth-order valence-corrected chi connectivity index (χ4v) is 3.74. The molecule has 2 aliphatic carbocycles. The van der Waals surface area contributed by atoms with Gasteiger partial charge in [-0.05, 0) is 44.8 Å². The molecule has 0 aromatic rings. The Hall–Kier alpha value is -0.910. The number of carboxylic acid groups (broad SMARTS) is 1. The molecule has 2 rings (SSSR count). The predicted octanol–water partition coefficient (Wildman–Crippen LogP) is 1.82. The zero-order valence-corrected chi connectivity index (χ0v) is 12.3. The Balaban J connectivity index is 1.91. The number of amides is 2. The number of carbonyl (C=O) groups excluding carboxylic acids is 1. The van der Waals surface area contributed by atoms with E-state index >= 15 is 0 Å². The highest BCUT2D eigenvalue weighted by atomic mass is 32.2. The van der Waals surface area contributed by atoms with E-state index in [0.29, 0.717) is 5.25 Å². The standard InChI is InChI=1S/C13H22N2O3S/c1-13(11(16)17,8-6-7-8)15-12(18)14-9-4-3-5-10(9)19-2/h8-10H,3-7H2,1-2H3,(H,16,17)(H2,14,15,18). The molecule has 2 fully saturated rings. The first-order chi connectivity index (χ1) is 8.97. The van der Waals surface area contributed by atoms with Crippen molar-refractivity contribution in [3.8, 4) is 0 Å². The van der Waals surface area contributed by atoms with E-state index in [9.17, 15) is 14.7 Å². The summed E-state index contributed by atoms with van der Waals surface area (Å²) < 4.78 is 0. The lowest BCUT2D eigenvalue weighted by Gasteiger charge is -2.28. The molecule has 6 heteroatoms. The van der Waals surface area contributed by atoms with Crippen molar-refractivity contribution in [2.75, 3.05) is 6.26 Å². The molecule has 2 aliphatic rings. The van der Waals surface area contributed by atoms with Crippen molar-refractivity contribution in [2.24, 2.45) is 5.92 Å². The minimum Gasteiger partial charge on any atom is -0.480 e. The van der Waals surface area contributed by atoms with Crippen molar-refractivity contribution in [1.82, 2.24) is 10.6 Å². The van der Waals surface area contributed by atoms with Crippen molar-refractivity contribution in [2.45, 2.75) is 55.9 Å². The molecule has 2 amide bonds. The summed E-state index contributed by atoms with van der Waals surface area (Å²) >= 11 is 1.77. The van der Waals surface area contributed by atoms with E-state index in [1.807, 2.05) is 6.26 Å². The summed E-state index contributed by atoms with van der Waals surface area (Å²) in [7, 11) is 0. The molecule has 0 aromatic carbocycles. The SMILES string of the molecule is CSC1CCCC1NC(=O)NC(C)(C(=O)O)C1CC1. The largest absolute Gasteiger partial charge is 0.480 e. The number of nitrogens with one attached hydrogen (secondary N) is 2. The third kappa shape index (κ3) is 3.16. The zero-order chi connectivity index (χ0) is 14.0. The molecule has 108 valence electrons. The average Bonchev–Trinajstić information content (AvgIpc) is 3.11. The monoisotopic (exact) mass is 286 g/mol. The second kappa shape index (κ2) is 5.61. The Morgan fingerprint density at radius 3 is 2.47 bits per heavy atom. The Morgan fingerprint density at radius 1 is 1.26 bits per heavy atom. The fraction of sp³-hybridized carbons (Fsp3) is 0.846. The van der Waals surface area contributed by atoms with Crippen LogP contribution < -0.4 is 10.6 Å².